The highest BCUT2D eigenvalue weighted by Gasteiger charge is 2.15. The predicted molar refractivity (Wildman–Crippen MR) is 72.0 cm³/mol. The summed E-state index contributed by atoms with van der Waals surface area (Å²) in [6.07, 6.45) is 0. The molecule has 0 aliphatic carbocycles. The molecular weight excluding hydrogens is 263 g/mol. The maximum absolute atomic E-state index is 13.7. The summed E-state index contributed by atoms with van der Waals surface area (Å²) < 4.78 is 20.8. The van der Waals surface area contributed by atoms with Crippen LogP contribution >= 0.6 is 0 Å². The van der Waals surface area contributed by atoms with E-state index in [-0.39, 0.29) is 11.3 Å². The lowest BCUT2D eigenvalue weighted by Crippen LogP contribution is -2.13. The summed E-state index contributed by atoms with van der Waals surface area (Å²) in [5.41, 5.74) is 11.7. The first kappa shape index (κ1) is 13.9. The summed E-state index contributed by atoms with van der Waals surface area (Å²) in [6, 6.07) is 3.80. The molecule has 1 amide bonds. The highest BCUT2D eigenvalue weighted by Crippen LogP contribution is 2.30. The maximum atomic E-state index is 13.7. The summed E-state index contributed by atoms with van der Waals surface area (Å²) in [6.45, 7) is 4.20. The fourth-order valence-electron chi connectivity index (χ4n) is 1.77. The van der Waals surface area contributed by atoms with Crippen LogP contribution in [0.1, 0.15) is 23.0 Å². The highest BCUT2D eigenvalue weighted by atomic mass is 19.1. The molecule has 0 aliphatic rings. The van der Waals surface area contributed by atoms with Crippen molar-refractivity contribution in [3.8, 4) is 11.6 Å². The van der Waals surface area contributed by atoms with Gasteiger partial charge in [0.1, 0.15) is 17.3 Å². The summed E-state index contributed by atoms with van der Waals surface area (Å²) >= 11 is 0. The Labute approximate surface area is 115 Å². The third-order valence-electron chi connectivity index (χ3n) is 2.85. The zero-order chi connectivity index (χ0) is 14.9. The molecule has 6 nitrogen and oxygen atoms in total. The van der Waals surface area contributed by atoms with Gasteiger partial charge in [0, 0.05) is 12.6 Å². The van der Waals surface area contributed by atoms with E-state index >= 15 is 0 Å². The van der Waals surface area contributed by atoms with Crippen molar-refractivity contribution >= 4 is 11.6 Å². The van der Waals surface area contributed by atoms with Crippen LogP contribution in [0.4, 0.5) is 10.1 Å². The van der Waals surface area contributed by atoms with E-state index in [1.165, 1.54) is 12.1 Å². The van der Waals surface area contributed by atoms with Crippen LogP contribution in [-0.4, -0.2) is 15.7 Å². The first-order chi connectivity index (χ1) is 9.43. The number of benzene rings is 1. The minimum Gasteiger partial charge on any atom is -0.437 e. The second-order valence-electron chi connectivity index (χ2n) is 4.23. The maximum Gasteiger partial charge on any atom is 0.251 e. The van der Waals surface area contributed by atoms with E-state index in [4.69, 9.17) is 16.2 Å². The van der Waals surface area contributed by atoms with Crippen LogP contribution in [0, 0.1) is 12.7 Å². The SMILES string of the molecule is CCn1nc(C)c(N)c1Oc1ccc(C(N)=O)c(F)c1. The Kier molecular flexibility index (Phi) is 3.60. The molecule has 0 radical (unpaired) electrons. The Morgan fingerprint density at radius 3 is 2.75 bits per heavy atom. The number of aromatic nitrogens is 2. The lowest BCUT2D eigenvalue weighted by atomic mass is 10.2. The normalized spacial score (nSPS) is 10.6. The smallest absolute Gasteiger partial charge is 0.251 e. The number of aryl methyl sites for hydroxylation is 2. The van der Waals surface area contributed by atoms with Crippen molar-refractivity contribution in [2.24, 2.45) is 5.73 Å². The third-order valence-corrected chi connectivity index (χ3v) is 2.85. The van der Waals surface area contributed by atoms with Crippen molar-refractivity contribution in [3.63, 3.8) is 0 Å². The number of nitrogens with two attached hydrogens (primary N) is 2. The molecule has 1 aromatic heterocycles. The fourth-order valence-corrected chi connectivity index (χ4v) is 1.77. The van der Waals surface area contributed by atoms with Crippen LogP contribution in [0.25, 0.3) is 0 Å². The van der Waals surface area contributed by atoms with Gasteiger partial charge in [-0.25, -0.2) is 9.07 Å². The van der Waals surface area contributed by atoms with Gasteiger partial charge in [-0.15, -0.1) is 0 Å². The lowest BCUT2D eigenvalue weighted by Gasteiger charge is -2.09. The first-order valence-electron chi connectivity index (χ1n) is 6.04. The summed E-state index contributed by atoms with van der Waals surface area (Å²) in [7, 11) is 0. The van der Waals surface area contributed by atoms with E-state index in [1.54, 1.807) is 11.6 Å². The Bertz CT molecular complexity index is 667. The molecule has 0 unspecified atom stereocenters. The van der Waals surface area contributed by atoms with Gasteiger partial charge in [-0.3, -0.25) is 4.79 Å². The number of hydrogen-bond acceptors (Lipinski definition) is 4. The van der Waals surface area contributed by atoms with Gasteiger partial charge in [0.15, 0.2) is 0 Å². The standard InChI is InChI=1S/C13H15FN4O2/c1-3-18-13(11(15)7(2)17-18)20-8-4-5-9(12(16)19)10(14)6-8/h4-6H,3,15H2,1-2H3,(H2,16,19). The molecular formula is C13H15FN4O2. The Morgan fingerprint density at radius 1 is 1.50 bits per heavy atom. The molecule has 0 fully saturated rings. The number of nitrogen functional groups attached to an aromatic ring is 1. The second kappa shape index (κ2) is 5.20. The summed E-state index contributed by atoms with van der Waals surface area (Å²) in [4.78, 5) is 11.0. The number of nitrogens with zero attached hydrogens (tertiary/aromatic N) is 2. The first-order valence-corrected chi connectivity index (χ1v) is 6.04. The molecule has 0 bridgehead atoms. The van der Waals surface area contributed by atoms with Crippen molar-refractivity contribution in [2.45, 2.75) is 20.4 Å². The number of rotatable bonds is 4. The molecule has 4 N–H and O–H groups in total. The number of carbonyl (C=O) groups excluding carboxylic acids is 1. The lowest BCUT2D eigenvalue weighted by molar-refractivity contribution is 0.0996. The Balaban J connectivity index is 2.36. The monoisotopic (exact) mass is 278 g/mol. The molecule has 106 valence electrons. The molecule has 0 atom stereocenters. The van der Waals surface area contributed by atoms with Gasteiger partial charge in [0.25, 0.3) is 5.91 Å². The number of carbonyl (C=O) groups is 1. The van der Waals surface area contributed by atoms with E-state index in [2.05, 4.69) is 5.10 Å². The molecule has 0 saturated heterocycles. The fraction of sp³-hybridized carbons (Fsp3) is 0.231. The quantitative estimate of drug-likeness (QED) is 0.891. The Morgan fingerprint density at radius 2 is 2.20 bits per heavy atom. The molecule has 1 heterocycles. The van der Waals surface area contributed by atoms with Crippen LogP contribution in [0.5, 0.6) is 11.6 Å². The molecule has 0 saturated carbocycles. The van der Waals surface area contributed by atoms with Crippen LogP contribution in [0.15, 0.2) is 18.2 Å². The van der Waals surface area contributed by atoms with Crippen LogP contribution in [0.2, 0.25) is 0 Å². The number of amides is 1. The number of ether oxygens (including phenoxy) is 1. The van der Waals surface area contributed by atoms with E-state index < -0.39 is 11.7 Å². The topological polar surface area (TPSA) is 96.2 Å². The average Bonchev–Trinajstić information content (AvgIpc) is 2.66. The van der Waals surface area contributed by atoms with Crippen molar-refractivity contribution in [1.29, 1.82) is 0 Å². The van der Waals surface area contributed by atoms with Crippen molar-refractivity contribution < 1.29 is 13.9 Å². The zero-order valence-electron chi connectivity index (χ0n) is 11.2. The van der Waals surface area contributed by atoms with Crippen molar-refractivity contribution in [1.82, 2.24) is 9.78 Å². The van der Waals surface area contributed by atoms with Gasteiger partial charge >= 0.3 is 0 Å². The molecule has 1 aromatic carbocycles. The van der Waals surface area contributed by atoms with Gasteiger partial charge in [-0.2, -0.15) is 5.10 Å². The minimum absolute atomic E-state index is 0.189. The van der Waals surface area contributed by atoms with Gasteiger partial charge in [-0.1, -0.05) is 0 Å². The largest absolute Gasteiger partial charge is 0.437 e. The van der Waals surface area contributed by atoms with E-state index in [1.807, 2.05) is 6.92 Å². The van der Waals surface area contributed by atoms with Crippen LogP contribution in [-0.2, 0) is 6.54 Å². The zero-order valence-corrected chi connectivity index (χ0v) is 11.2. The van der Waals surface area contributed by atoms with Gasteiger partial charge in [0.2, 0.25) is 5.88 Å². The molecule has 20 heavy (non-hydrogen) atoms. The highest BCUT2D eigenvalue weighted by molar-refractivity contribution is 5.93. The number of anilines is 1. The molecule has 2 aromatic rings. The van der Waals surface area contributed by atoms with Gasteiger partial charge in [-0.05, 0) is 26.0 Å². The van der Waals surface area contributed by atoms with Gasteiger partial charge in [0.05, 0.1) is 11.3 Å². The Hall–Kier alpha value is -2.57. The van der Waals surface area contributed by atoms with Crippen LogP contribution < -0.4 is 16.2 Å². The molecule has 7 heteroatoms. The molecule has 0 aliphatic heterocycles. The minimum atomic E-state index is -0.831. The van der Waals surface area contributed by atoms with E-state index in [9.17, 15) is 9.18 Å². The number of primary amides is 1. The average molecular weight is 278 g/mol. The predicted octanol–water partition coefficient (Wildman–Crippen LogP) is 1.82. The summed E-state index contributed by atoms with van der Waals surface area (Å²) in [5.74, 6) is -1.01. The third kappa shape index (κ3) is 2.42. The van der Waals surface area contributed by atoms with Crippen LogP contribution in [0.3, 0.4) is 0 Å². The van der Waals surface area contributed by atoms with Crippen molar-refractivity contribution in [2.75, 3.05) is 5.73 Å². The van der Waals surface area contributed by atoms with Crippen molar-refractivity contribution in [3.05, 3.63) is 35.3 Å². The summed E-state index contributed by atoms with van der Waals surface area (Å²) in [5, 5.41) is 4.19. The van der Waals surface area contributed by atoms with E-state index in [0.717, 1.165) is 6.07 Å². The number of halogens is 1. The van der Waals surface area contributed by atoms with Gasteiger partial charge < -0.3 is 16.2 Å². The number of hydrogen-bond donors (Lipinski definition) is 2. The van der Waals surface area contributed by atoms with E-state index in [0.29, 0.717) is 23.8 Å². The second-order valence-corrected chi connectivity index (χ2v) is 4.23. The molecule has 0 spiro atoms. The molecule has 2 rings (SSSR count).